The lowest BCUT2D eigenvalue weighted by Crippen LogP contribution is -2.15. The van der Waals surface area contributed by atoms with E-state index < -0.39 is 0 Å². The Labute approximate surface area is 274 Å². The number of benzene rings is 9. The summed E-state index contributed by atoms with van der Waals surface area (Å²) in [6.45, 7) is 4.75. The van der Waals surface area contributed by atoms with Gasteiger partial charge >= 0.3 is 0 Å². The zero-order valence-electron chi connectivity index (χ0n) is 26.5. The van der Waals surface area contributed by atoms with Gasteiger partial charge in [0.2, 0.25) is 0 Å². The Kier molecular flexibility index (Phi) is 5.44. The molecule has 1 aliphatic carbocycles. The van der Waals surface area contributed by atoms with E-state index in [0.717, 1.165) is 0 Å². The smallest absolute Gasteiger partial charge is 0.0159 e. The van der Waals surface area contributed by atoms with Gasteiger partial charge in [-0.25, -0.2) is 0 Å². The summed E-state index contributed by atoms with van der Waals surface area (Å²) in [7, 11) is 0. The van der Waals surface area contributed by atoms with Crippen LogP contribution < -0.4 is 0 Å². The average molecular weight is 597 g/mol. The van der Waals surface area contributed by atoms with Crippen LogP contribution in [0.4, 0.5) is 0 Å². The van der Waals surface area contributed by atoms with Crippen molar-refractivity contribution in [2.45, 2.75) is 19.3 Å². The maximum atomic E-state index is 2.44. The second-order valence-corrected chi connectivity index (χ2v) is 13.8. The second kappa shape index (κ2) is 9.64. The first-order chi connectivity index (χ1) is 23.0. The second-order valence-electron chi connectivity index (χ2n) is 13.8. The lowest BCUT2D eigenvalue weighted by molar-refractivity contribution is 0.660. The van der Waals surface area contributed by atoms with E-state index in [9.17, 15) is 0 Å². The molecule has 0 N–H and O–H groups in total. The van der Waals surface area contributed by atoms with Gasteiger partial charge in [0, 0.05) is 5.41 Å². The van der Waals surface area contributed by atoms with Crippen molar-refractivity contribution in [1.29, 1.82) is 0 Å². The minimum atomic E-state index is -0.0800. The molecule has 0 aromatic heterocycles. The summed E-state index contributed by atoms with van der Waals surface area (Å²) in [4.78, 5) is 0. The summed E-state index contributed by atoms with van der Waals surface area (Å²) in [5.74, 6) is 0. The minimum Gasteiger partial charge on any atom is -0.0616 e. The van der Waals surface area contributed by atoms with Crippen LogP contribution in [0, 0.1) is 0 Å². The molecular formula is C47H32. The summed E-state index contributed by atoms with van der Waals surface area (Å²) in [6.07, 6.45) is 0. The normalized spacial score (nSPS) is 13.5. The molecule has 0 saturated heterocycles. The quantitative estimate of drug-likeness (QED) is 0.174. The van der Waals surface area contributed by atoms with Crippen LogP contribution in [0.15, 0.2) is 158 Å². The molecule has 0 atom stereocenters. The molecule has 0 aliphatic heterocycles. The van der Waals surface area contributed by atoms with Gasteiger partial charge in [0.15, 0.2) is 0 Å². The molecule has 0 heterocycles. The third-order valence-electron chi connectivity index (χ3n) is 10.8. The number of rotatable bonds is 2. The van der Waals surface area contributed by atoms with Crippen molar-refractivity contribution in [3.8, 4) is 33.4 Å². The highest BCUT2D eigenvalue weighted by Gasteiger charge is 2.35. The van der Waals surface area contributed by atoms with Crippen molar-refractivity contribution in [2.24, 2.45) is 0 Å². The van der Waals surface area contributed by atoms with Crippen molar-refractivity contribution in [2.75, 3.05) is 0 Å². The Balaban J connectivity index is 1.09. The van der Waals surface area contributed by atoms with Crippen LogP contribution in [0.5, 0.6) is 0 Å². The van der Waals surface area contributed by atoms with Gasteiger partial charge in [-0.3, -0.25) is 0 Å². The Bertz CT molecular complexity index is 2760. The summed E-state index contributed by atoms with van der Waals surface area (Å²) in [6, 6.07) is 59.0. The van der Waals surface area contributed by atoms with Crippen molar-refractivity contribution >= 4 is 53.9 Å². The maximum absolute atomic E-state index is 2.44. The summed E-state index contributed by atoms with van der Waals surface area (Å²) in [5, 5.41) is 13.0. The summed E-state index contributed by atoms with van der Waals surface area (Å²) in [5.41, 5.74) is 10.5. The van der Waals surface area contributed by atoms with Gasteiger partial charge < -0.3 is 0 Å². The maximum Gasteiger partial charge on any atom is 0.0159 e. The van der Waals surface area contributed by atoms with Crippen LogP contribution in [0.25, 0.3) is 87.2 Å². The van der Waals surface area contributed by atoms with E-state index in [0.29, 0.717) is 0 Å². The standard InChI is InChI=1S/C47H32/c1-47(2)45-24-20-35(33-15-14-32-18-21-39-37-9-5-3-8-30(37)17-22-40(39)43(32)26-33)27-44(45)41-23-19-36(28-46(41)47)34-16-13-31-12-11-29-7-4-6-10-38(29)42(31)25-34/h3-28H,1-2H3. The molecule has 9 aromatic rings. The largest absolute Gasteiger partial charge is 0.0616 e. The zero-order chi connectivity index (χ0) is 31.3. The van der Waals surface area contributed by atoms with E-state index in [1.807, 2.05) is 0 Å². The fraction of sp³-hybridized carbons (Fsp3) is 0.0638. The molecule has 0 amide bonds. The molecule has 1 aliphatic rings. The Morgan fingerprint density at radius 3 is 1.43 bits per heavy atom. The van der Waals surface area contributed by atoms with Gasteiger partial charge in [-0.1, -0.05) is 147 Å². The fourth-order valence-corrected chi connectivity index (χ4v) is 8.29. The topological polar surface area (TPSA) is 0 Å². The van der Waals surface area contributed by atoms with Crippen LogP contribution in [0.1, 0.15) is 25.0 Å². The SMILES string of the molecule is CC1(C)c2ccc(-c3ccc4ccc5c6ccccc6ccc5c4c3)cc2-c2ccc(-c3ccc4ccc5ccccc5c4c3)cc21. The monoisotopic (exact) mass is 596 g/mol. The van der Waals surface area contributed by atoms with Crippen molar-refractivity contribution in [3.05, 3.63) is 169 Å². The third-order valence-corrected chi connectivity index (χ3v) is 10.8. The van der Waals surface area contributed by atoms with E-state index >= 15 is 0 Å². The van der Waals surface area contributed by atoms with Crippen LogP contribution >= 0.6 is 0 Å². The van der Waals surface area contributed by atoms with Gasteiger partial charge in [0.05, 0.1) is 0 Å². The predicted molar refractivity (Wildman–Crippen MR) is 202 cm³/mol. The number of hydrogen-bond acceptors (Lipinski definition) is 0. The molecule has 0 fully saturated rings. The van der Waals surface area contributed by atoms with Gasteiger partial charge in [0.25, 0.3) is 0 Å². The molecule has 0 radical (unpaired) electrons. The first-order valence-corrected chi connectivity index (χ1v) is 16.6. The summed E-state index contributed by atoms with van der Waals surface area (Å²) < 4.78 is 0. The predicted octanol–water partition coefficient (Wildman–Crippen LogP) is 13.1. The zero-order valence-corrected chi connectivity index (χ0v) is 26.5. The first-order valence-electron chi connectivity index (χ1n) is 16.6. The highest BCUT2D eigenvalue weighted by atomic mass is 14.4. The van der Waals surface area contributed by atoms with E-state index in [-0.39, 0.29) is 5.41 Å². The molecule has 47 heavy (non-hydrogen) atoms. The minimum absolute atomic E-state index is 0.0800. The molecule has 9 aromatic carbocycles. The van der Waals surface area contributed by atoms with Crippen LogP contribution in [0.2, 0.25) is 0 Å². The molecule has 0 nitrogen and oxygen atoms in total. The van der Waals surface area contributed by atoms with Crippen molar-refractivity contribution in [3.63, 3.8) is 0 Å². The van der Waals surface area contributed by atoms with Crippen molar-refractivity contribution < 1.29 is 0 Å². The van der Waals surface area contributed by atoms with Crippen LogP contribution in [-0.4, -0.2) is 0 Å². The van der Waals surface area contributed by atoms with Gasteiger partial charge in [-0.05, 0) is 123 Å². The van der Waals surface area contributed by atoms with E-state index in [1.165, 1.54) is 98.4 Å². The fourth-order valence-electron chi connectivity index (χ4n) is 8.29. The first kappa shape index (κ1) is 26.5. The highest BCUT2D eigenvalue weighted by molar-refractivity contribution is 6.17. The van der Waals surface area contributed by atoms with Gasteiger partial charge in [0.1, 0.15) is 0 Å². The number of fused-ring (bicyclic) bond motifs is 11. The van der Waals surface area contributed by atoms with E-state index in [2.05, 4.69) is 172 Å². The lowest BCUT2D eigenvalue weighted by atomic mass is 9.81. The summed E-state index contributed by atoms with van der Waals surface area (Å²) >= 11 is 0. The van der Waals surface area contributed by atoms with Crippen LogP contribution in [-0.2, 0) is 5.41 Å². The number of hydrogen-bond donors (Lipinski definition) is 0. The third kappa shape index (κ3) is 3.88. The molecule has 0 spiro atoms. The molecule has 0 saturated carbocycles. The van der Waals surface area contributed by atoms with E-state index in [4.69, 9.17) is 0 Å². The van der Waals surface area contributed by atoms with Crippen LogP contribution in [0.3, 0.4) is 0 Å². The molecular weight excluding hydrogens is 565 g/mol. The molecule has 0 unspecified atom stereocenters. The van der Waals surface area contributed by atoms with E-state index in [1.54, 1.807) is 0 Å². The molecule has 220 valence electrons. The molecule has 10 rings (SSSR count). The highest BCUT2D eigenvalue weighted by Crippen LogP contribution is 2.51. The molecule has 0 bridgehead atoms. The average Bonchev–Trinajstić information content (AvgIpc) is 3.35. The molecule has 0 heteroatoms. The Hall–Kier alpha value is -5.72. The van der Waals surface area contributed by atoms with Crippen molar-refractivity contribution in [1.82, 2.24) is 0 Å². The lowest BCUT2D eigenvalue weighted by Gasteiger charge is -2.22. The Morgan fingerprint density at radius 2 is 0.745 bits per heavy atom. The van der Waals surface area contributed by atoms with Gasteiger partial charge in [-0.15, -0.1) is 0 Å². The van der Waals surface area contributed by atoms with Gasteiger partial charge in [-0.2, -0.15) is 0 Å². The Morgan fingerprint density at radius 1 is 0.298 bits per heavy atom.